The summed E-state index contributed by atoms with van der Waals surface area (Å²) >= 11 is 0. The van der Waals surface area contributed by atoms with E-state index in [4.69, 9.17) is 0 Å². The van der Waals surface area contributed by atoms with Gasteiger partial charge in [-0.25, -0.2) is 0 Å². The quantitative estimate of drug-likeness (QED) is 0.199. The van der Waals surface area contributed by atoms with E-state index in [0.29, 0.717) is 11.1 Å². The summed E-state index contributed by atoms with van der Waals surface area (Å²) in [5, 5.41) is 24.6. The highest BCUT2D eigenvalue weighted by Gasteiger charge is 2.18. The Morgan fingerprint density at radius 3 is 1.62 bits per heavy atom. The van der Waals surface area contributed by atoms with E-state index in [1.54, 1.807) is 0 Å². The molecule has 4 nitrogen and oxygen atoms in total. The Bertz CT molecular complexity index is 2750. The summed E-state index contributed by atoms with van der Waals surface area (Å²) < 4.78 is 4.55. The Morgan fingerprint density at radius 2 is 0.958 bits per heavy atom. The summed E-state index contributed by atoms with van der Waals surface area (Å²) in [6.45, 7) is 0. The minimum Gasteiger partial charge on any atom is -0.309 e. The molecule has 48 heavy (non-hydrogen) atoms. The summed E-state index contributed by atoms with van der Waals surface area (Å²) in [6.07, 6.45) is 0. The lowest BCUT2D eigenvalue weighted by molar-refractivity contribution is 1.18. The standard InChI is InChI=1S/C44H26N4/c45-27-29-17-24-44-39(25-29)38-12-4-8-16-43(38)48(44)42-15-7-1-9-35(42)34-23-20-31(26-32(34)28-46)30-18-21-33(22-19-30)47-40-13-5-2-10-36(40)37-11-3-6-14-41(37)47/h1-26H. The Balaban J connectivity index is 1.15. The van der Waals surface area contributed by atoms with Gasteiger partial charge in [0.25, 0.3) is 0 Å². The summed E-state index contributed by atoms with van der Waals surface area (Å²) in [5.74, 6) is 0. The zero-order valence-electron chi connectivity index (χ0n) is 25.8. The van der Waals surface area contributed by atoms with Gasteiger partial charge in [-0.2, -0.15) is 10.5 Å². The number of hydrogen-bond donors (Lipinski definition) is 0. The van der Waals surface area contributed by atoms with Crippen LogP contribution in [-0.4, -0.2) is 9.13 Å². The van der Waals surface area contributed by atoms with Gasteiger partial charge in [-0.15, -0.1) is 0 Å². The van der Waals surface area contributed by atoms with Gasteiger partial charge in [-0.05, 0) is 71.8 Å². The van der Waals surface area contributed by atoms with Crippen LogP contribution in [0.1, 0.15) is 11.1 Å². The van der Waals surface area contributed by atoms with E-state index in [9.17, 15) is 10.5 Å². The van der Waals surface area contributed by atoms with Crippen molar-refractivity contribution in [2.45, 2.75) is 0 Å². The number of hydrogen-bond acceptors (Lipinski definition) is 2. The lowest BCUT2D eigenvalue weighted by Crippen LogP contribution is -1.98. The maximum Gasteiger partial charge on any atom is 0.0998 e. The second-order valence-electron chi connectivity index (χ2n) is 12.0. The van der Waals surface area contributed by atoms with Gasteiger partial charge in [0.15, 0.2) is 0 Å². The molecule has 222 valence electrons. The number of aromatic nitrogens is 2. The fraction of sp³-hybridized carbons (Fsp3) is 0. The zero-order chi connectivity index (χ0) is 32.2. The van der Waals surface area contributed by atoms with Crippen molar-refractivity contribution in [2.24, 2.45) is 0 Å². The van der Waals surface area contributed by atoms with Crippen molar-refractivity contribution in [3.63, 3.8) is 0 Å². The van der Waals surface area contributed by atoms with Crippen molar-refractivity contribution < 1.29 is 0 Å². The van der Waals surface area contributed by atoms with E-state index in [-0.39, 0.29) is 0 Å². The highest BCUT2D eigenvalue weighted by Crippen LogP contribution is 2.39. The first-order valence-electron chi connectivity index (χ1n) is 15.9. The van der Waals surface area contributed by atoms with Gasteiger partial charge in [0.1, 0.15) is 0 Å². The molecule has 0 fully saturated rings. The second kappa shape index (κ2) is 10.9. The monoisotopic (exact) mass is 610 g/mol. The molecule has 2 aromatic heterocycles. The molecule has 9 aromatic rings. The molecule has 0 saturated heterocycles. The molecule has 0 amide bonds. The van der Waals surface area contributed by atoms with Crippen LogP contribution in [0.4, 0.5) is 0 Å². The van der Waals surface area contributed by atoms with Crippen molar-refractivity contribution >= 4 is 43.6 Å². The smallest absolute Gasteiger partial charge is 0.0998 e. The van der Waals surface area contributed by atoms with E-state index in [1.807, 2.05) is 48.5 Å². The number of fused-ring (bicyclic) bond motifs is 6. The third-order valence-corrected chi connectivity index (χ3v) is 9.42. The highest BCUT2D eigenvalue weighted by molar-refractivity contribution is 6.11. The average molecular weight is 611 g/mol. The predicted molar refractivity (Wildman–Crippen MR) is 195 cm³/mol. The van der Waals surface area contributed by atoms with Crippen LogP contribution in [0.15, 0.2) is 158 Å². The second-order valence-corrected chi connectivity index (χ2v) is 12.0. The Morgan fingerprint density at radius 1 is 0.396 bits per heavy atom. The summed E-state index contributed by atoms with van der Waals surface area (Å²) in [6, 6.07) is 58.9. The minimum atomic E-state index is 0.610. The van der Waals surface area contributed by atoms with Crippen LogP contribution in [0, 0.1) is 22.7 Å². The van der Waals surface area contributed by atoms with E-state index in [0.717, 1.165) is 55.4 Å². The molecule has 9 rings (SSSR count). The van der Waals surface area contributed by atoms with Crippen LogP contribution in [0.2, 0.25) is 0 Å². The van der Waals surface area contributed by atoms with Crippen molar-refractivity contribution in [1.82, 2.24) is 9.13 Å². The molecule has 0 N–H and O–H groups in total. The molecule has 0 saturated carbocycles. The van der Waals surface area contributed by atoms with Gasteiger partial charge in [0.2, 0.25) is 0 Å². The molecule has 0 spiro atoms. The summed E-state index contributed by atoms with van der Waals surface area (Å²) in [7, 11) is 0. The van der Waals surface area contributed by atoms with Gasteiger partial charge < -0.3 is 9.13 Å². The maximum absolute atomic E-state index is 10.5. The SMILES string of the molecule is N#Cc1ccc2c(c1)c1ccccc1n2-c1ccccc1-c1ccc(-c2ccc(-n3c4ccccc4c4ccccc43)cc2)cc1C#N. The number of nitrogens with zero attached hydrogens (tertiary/aromatic N) is 4. The zero-order valence-corrected chi connectivity index (χ0v) is 25.8. The Labute approximate surface area is 277 Å². The molecular weight excluding hydrogens is 585 g/mol. The van der Waals surface area contributed by atoms with Gasteiger partial charge in [-0.3, -0.25) is 0 Å². The van der Waals surface area contributed by atoms with E-state index >= 15 is 0 Å². The number of benzene rings is 7. The van der Waals surface area contributed by atoms with Gasteiger partial charge in [0.05, 0.1) is 51.0 Å². The summed E-state index contributed by atoms with van der Waals surface area (Å²) in [4.78, 5) is 0. The largest absolute Gasteiger partial charge is 0.309 e. The normalized spacial score (nSPS) is 11.3. The minimum absolute atomic E-state index is 0.610. The Hall–Kier alpha value is -6.88. The molecule has 0 aliphatic rings. The molecule has 0 aliphatic carbocycles. The van der Waals surface area contributed by atoms with Crippen molar-refractivity contribution in [2.75, 3.05) is 0 Å². The fourth-order valence-corrected chi connectivity index (χ4v) is 7.25. The van der Waals surface area contributed by atoms with Crippen LogP contribution >= 0.6 is 0 Å². The van der Waals surface area contributed by atoms with Crippen molar-refractivity contribution in [3.05, 3.63) is 169 Å². The number of nitriles is 2. The van der Waals surface area contributed by atoms with E-state index in [2.05, 4.69) is 130 Å². The predicted octanol–water partition coefficient (Wildman–Crippen LogP) is 11.0. The molecule has 0 aliphatic heterocycles. The lowest BCUT2D eigenvalue weighted by Gasteiger charge is -2.16. The summed E-state index contributed by atoms with van der Waals surface area (Å²) in [5.41, 5.74) is 11.6. The van der Waals surface area contributed by atoms with Crippen LogP contribution in [0.3, 0.4) is 0 Å². The molecule has 7 aromatic carbocycles. The third-order valence-electron chi connectivity index (χ3n) is 9.42. The van der Waals surface area contributed by atoms with Crippen LogP contribution in [-0.2, 0) is 0 Å². The molecule has 2 heterocycles. The van der Waals surface area contributed by atoms with Crippen molar-refractivity contribution in [1.29, 1.82) is 10.5 Å². The molecular formula is C44H26N4. The van der Waals surface area contributed by atoms with E-state index < -0.39 is 0 Å². The van der Waals surface area contributed by atoms with Crippen LogP contribution < -0.4 is 0 Å². The van der Waals surface area contributed by atoms with Crippen LogP contribution in [0.25, 0.3) is 77.2 Å². The van der Waals surface area contributed by atoms with Gasteiger partial charge in [0, 0.05) is 38.4 Å². The topological polar surface area (TPSA) is 57.4 Å². The fourth-order valence-electron chi connectivity index (χ4n) is 7.25. The molecule has 0 unspecified atom stereocenters. The first-order valence-corrected chi connectivity index (χ1v) is 15.9. The maximum atomic E-state index is 10.5. The third kappa shape index (κ3) is 4.14. The Kier molecular flexibility index (Phi) is 6.22. The first kappa shape index (κ1) is 27.4. The average Bonchev–Trinajstić information content (AvgIpc) is 3.67. The molecule has 4 heteroatoms. The number of para-hydroxylation sites is 4. The molecule has 0 atom stereocenters. The molecule has 0 bridgehead atoms. The number of rotatable bonds is 4. The van der Waals surface area contributed by atoms with Crippen molar-refractivity contribution in [3.8, 4) is 45.8 Å². The van der Waals surface area contributed by atoms with Crippen LogP contribution in [0.5, 0.6) is 0 Å². The van der Waals surface area contributed by atoms with E-state index in [1.165, 1.54) is 21.8 Å². The molecule has 0 radical (unpaired) electrons. The first-order chi connectivity index (χ1) is 23.7. The lowest BCUT2D eigenvalue weighted by atomic mass is 9.94. The van der Waals surface area contributed by atoms with Gasteiger partial charge in [-0.1, -0.05) is 97.1 Å². The van der Waals surface area contributed by atoms with Gasteiger partial charge >= 0.3 is 0 Å². The highest BCUT2D eigenvalue weighted by atomic mass is 15.0.